The summed E-state index contributed by atoms with van der Waals surface area (Å²) in [6.45, 7) is 0.505. The molecule has 0 radical (unpaired) electrons. The Morgan fingerprint density at radius 1 is 0.944 bits per heavy atom. The van der Waals surface area contributed by atoms with Gasteiger partial charge in [0, 0.05) is 18.0 Å². The summed E-state index contributed by atoms with van der Waals surface area (Å²) in [6.07, 6.45) is -0.350. The topological polar surface area (TPSA) is 128 Å². The molecule has 0 heterocycles. The van der Waals surface area contributed by atoms with Gasteiger partial charge >= 0.3 is 29.6 Å². The third-order valence-electron chi connectivity index (χ3n) is 5.06. The van der Waals surface area contributed by atoms with Crippen LogP contribution in [0.1, 0.15) is 34.6 Å². The van der Waals surface area contributed by atoms with Gasteiger partial charge in [-0.3, -0.25) is 0 Å². The molecule has 0 aromatic heterocycles. The van der Waals surface area contributed by atoms with Crippen molar-refractivity contribution in [3.63, 3.8) is 0 Å². The van der Waals surface area contributed by atoms with E-state index in [1.54, 1.807) is 48.5 Å². The van der Waals surface area contributed by atoms with Crippen LogP contribution in [0.25, 0.3) is 0 Å². The van der Waals surface area contributed by atoms with E-state index in [0.29, 0.717) is 34.9 Å². The molecule has 9 heteroatoms. The van der Waals surface area contributed by atoms with E-state index in [9.17, 15) is 9.90 Å². The van der Waals surface area contributed by atoms with Crippen molar-refractivity contribution < 1.29 is 53.8 Å². The number of nitriles is 2. The van der Waals surface area contributed by atoms with Crippen LogP contribution >= 0.6 is 0 Å². The van der Waals surface area contributed by atoms with Gasteiger partial charge in [0.05, 0.1) is 23.6 Å². The van der Waals surface area contributed by atoms with Gasteiger partial charge in [-0.25, -0.2) is 0 Å². The number of carboxylic acid groups (broad SMARTS) is 1. The molecule has 3 rings (SSSR count). The van der Waals surface area contributed by atoms with Crippen molar-refractivity contribution in [1.82, 2.24) is 0 Å². The molecule has 0 aliphatic heterocycles. The third kappa shape index (κ3) is 8.44. The van der Waals surface area contributed by atoms with Gasteiger partial charge in [-0.2, -0.15) is 10.5 Å². The van der Waals surface area contributed by atoms with Crippen molar-refractivity contribution >= 4 is 11.7 Å². The minimum Gasteiger partial charge on any atom is -0.550 e. The predicted octanol–water partition coefficient (Wildman–Crippen LogP) is 0.318. The minimum absolute atomic E-state index is 0. The molecule has 36 heavy (non-hydrogen) atoms. The first-order valence-corrected chi connectivity index (χ1v) is 10.7. The first-order valence-electron chi connectivity index (χ1n) is 10.7. The monoisotopic (exact) mass is 491 g/mol. The number of hydrogen-bond donors (Lipinski definition) is 0. The summed E-state index contributed by atoms with van der Waals surface area (Å²) in [7, 11) is 1.46. The molecule has 0 bridgehead atoms. The maximum atomic E-state index is 10.8. The molecule has 176 valence electrons. The summed E-state index contributed by atoms with van der Waals surface area (Å²) in [4.78, 5) is 15.7. The van der Waals surface area contributed by atoms with Crippen LogP contribution in [0.4, 0.5) is 0 Å². The summed E-state index contributed by atoms with van der Waals surface area (Å²) >= 11 is 0. The molecule has 3 aromatic carbocycles. The van der Waals surface area contributed by atoms with Crippen LogP contribution < -0.4 is 44.1 Å². The number of carbonyl (C=O) groups is 1. The molecule has 1 unspecified atom stereocenters. The molecule has 8 nitrogen and oxygen atoms in total. The Morgan fingerprint density at radius 2 is 1.56 bits per heavy atom. The second-order valence-electron chi connectivity index (χ2n) is 7.46. The summed E-state index contributed by atoms with van der Waals surface area (Å²) in [6, 6.07) is 25.2. The number of aliphatic carboxylic acids is 1. The Bertz CT molecular complexity index is 1250. The van der Waals surface area contributed by atoms with E-state index in [0.717, 1.165) is 11.1 Å². The van der Waals surface area contributed by atoms with Crippen LogP contribution in [0, 0.1) is 22.7 Å². The second kappa shape index (κ2) is 14.6. The van der Waals surface area contributed by atoms with Gasteiger partial charge in [-0.1, -0.05) is 41.6 Å². The number of nitrogens with zero attached hydrogens (tertiary/aromatic N) is 3. The summed E-state index contributed by atoms with van der Waals surface area (Å²) in [5.74, 6) is -0.776. The SMILES string of the molecule is CO/N=C(\COc1ccc(COc2ccc(C(C#N)CC(=O)[O-])cc2)cc1)c1ccc(C#N)cc1.[Na+]. The van der Waals surface area contributed by atoms with Gasteiger partial charge in [-0.05, 0) is 47.5 Å². The van der Waals surface area contributed by atoms with E-state index in [1.165, 1.54) is 7.11 Å². The van der Waals surface area contributed by atoms with Crippen molar-refractivity contribution in [1.29, 1.82) is 10.5 Å². The maximum absolute atomic E-state index is 10.8. The normalized spacial score (nSPS) is 11.2. The Morgan fingerprint density at radius 3 is 2.11 bits per heavy atom. The van der Waals surface area contributed by atoms with Gasteiger partial charge in [0.25, 0.3) is 0 Å². The molecule has 0 fully saturated rings. The molecule has 0 aliphatic rings. The number of carbonyl (C=O) groups excluding carboxylic acids is 1. The maximum Gasteiger partial charge on any atom is 1.00 e. The average Bonchev–Trinajstić information content (AvgIpc) is 2.89. The van der Waals surface area contributed by atoms with E-state index in [2.05, 4.69) is 11.2 Å². The van der Waals surface area contributed by atoms with E-state index >= 15 is 0 Å². The van der Waals surface area contributed by atoms with Crippen LogP contribution in [-0.4, -0.2) is 25.4 Å². The van der Waals surface area contributed by atoms with Crippen molar-refractivity contribution in [2.24, 2.45) is 5.16 Å². The van der Waals surface area contributed by atoms with Crippen molar-refractivity contribution in [3.05, 3.63) is 95.1 Å². The van der Waals surface area contributed by atoms with Crippen LogP contribution in [0.15, 0.2) is 78.0 Å². The number of hydrogen-bond acceptors (Lipinski definition) is 8. The molecule has 0 amide bonds. The van der Waals surface area contributed by atoms with Gasteiger partial charge in [0.1, 0.15) is 37.5 Å². The van der Waals surface area contributed by atoms with Crippen LogP contribution in [-0.2, 0) is 16.2 Å². The van der Waals surface area contributed by atoms with Crippen molar-refractivity contribution in [2.45, 2.75) is 18.9 Å². The van der Waals surface area contributed by atoms with Gasteiger partial charge in [0.2, 0.25) is 0 Å². The Hall–Kier alpha value is -3.82. The van der Waals surface area contributed by atoms with Gasteiger partial charge in [-0.15, -0.1) is 0 Å². The van der Waals surface area contributed by atoms with Crippen molar-refractivity contribution in [2.75, 3.05) is 13.7 Å². The molecule has 0 aliphatic carbocycles. The van der Waals surface area contributed by atoms with Crippen LogP contribution in [0.3, 0.4) is 0 Å². The molecular weight excluding hydrogens is 469 g/mol. The first kappa shape index (κ1) is 28.4. The first-order chi connectivity index (χ1) is 17.0. The summed E-state index contributed by atoms with van der Waals surface area (Å²) in [5.41, 5.74) is 3.46. The summed E-state index contributed by atoms with van der Waals surface area (Å²) < 4.78 is 11.6. The molecule has 0 saturated carbocycles. The van der Waals surface area contributed by atoms with Crippen LogP contribution in [0.2, 0.25) is 0 Å². The molecule has 3 aromatic rings. The van der Waals surface area contributed by atoms with Gasteiger partial charge < -0.3 is 24.2 Å². The molecule has 0 N–H and O–H groups in total. The standard InChI is InChI=1S/C27H23N3O5.Na/c1-33-30-26(22-6-2-19(15-28)3-7-22)18-35-24-10-4-20(5-11-24)17-34-25-12-8-21(9-13-25)23(16-29)14-27(31)32;/h2-13,23H,14,17-18H2,1H3,(H,31,32);/q;+1/p-1/b30-26+;. The molecule has 1 atom stereocenters. The third-order valence-corrected chi connectivity index (χ3v) is 5.06. The quantitative estimate of drug-likeness (QED) is 0.215. The second-order valence-corrected chi connectivity index (χ2v) is 7.46. The number of oxime groups is 1. The minimum atomic E-state index is -1.26. The molecule has 0 saturated heterocycles. The van der Waals surface area contributed by atoms with E-state index in [1.807, 2.05) is 30.3 Å². The zero-order chi connectivity index (χ0) is 25.0. The van der Waals surface area contributed by atoms with E-state index in [-0.39, 0.29) is 42.6 Å². The fourth-order valence-corrected chi connectivity index (χ4v) is 3.21. The number of benzene rings is 3. The number of carboxylic acids is 1. The molecule has 0 spiro atoms. The van der Waals surface area contributed by atoms with Gasteiger partial charge in [0.15, 0.2) is 0 Å². The largest absolute Gasteiger partial charge is 1.00 e. The Labute approximate surface area is 231 Å². The fourth-order valence-electron chi connectivity index (χ4n) is 3.21. The fraction of sp³-hybridized carbons (Fsp3) is 0.185. The van der Waals surface area contributed by atoms with Crippen LogP contribution in [0.5, 0.6) is 11.5 Å². The Balaban J connectivity index is 0.00000456. The van der Waals surface area contributed by atoms with E-state index < -0.39 is 11.9 Å². The predicted molar refractivity (Wildman–Crippen MR) is 125 cm³/mol. The zero-order valence-corrected chi connectivity index (χ0v) is 22.0. The van der Waals surface area contributed by atoms with Crippen molar-refractivity contribution in [3.8, 4) is 23.6 Å². The summed E-state index contributed by atoms with van der Waals surface area (Å²) in [5, 5.41) is 32.9. The Kier molecular flexibility index (Phi) is 11.5. The zero-order valence-electron chi connectivity index (χ0n) is 20.0. The number of ether oxygens (including phenoxy) is 2. The smallest absolute Gasteiger partial charge is 0.550 e. The number of rotatable bonds is 11. The van der Waals surface area contributed by atoms with E-state index in [4.69, 9.17) is 24.8 Å². The molecular formula is C27H22N3NaO5. The average molecular weight is 491 g/mol.